The minimum absolute atomic E-state index is 0.162. The van der Waals surface area contributed by atoms with E-state index in [1.54, 1.807) is 0 Å². The number of para-hydroxylation sites is 1. The highest BCUT2D eigenvalue weighted by Crippen LogP contribution is 2.26. The highest BCUT2D eigenvalue weighted by Gasteiger charge is 2.29. The van der Waals surface area contributed by atoms with E-state index in [1.807, 2.05) is 0 Å². The maximum absolute atomic E-state index is 14.2. The van der Waals surface area contributed by atoms with E-state index in [1.165, 1.54) is 57.4 Å². The molecule has 0 unspecified atom stereocenters. The van der Waals surface area contributed by atoms with Gasteiger partial charge in [0, 0.05) is 20.2 Å². The molecule has 0 saturated carbocycles. The van der Waals surface area contributed by atoms with E-state index in [-0.39, 0.29) is 22.6 Å². The van der Waals surface area contributed by atoms with Gasteiger partial charge < -0.3 is 5.32 Å². The third-order valence-corrected chi connectivity index (χ3v) is 5.73. The number of nitrogens with zero attached hydrogens (tertiary/aromatic N) is 3. The lowest BCUT2D eigenvalue weighted by Crippen LogP contribution is -2.44. The fourth-order valence-corrected chi connectivity index (χ4v) is 3.49. The van der Waals surface area contributed by atoms with Gasteiger partial charge >= 0.3 is 10.2 Å². The second-order valence-electron chi connectivity index (χ2n) is 6.00. The number of hydrogen-bond donors (Lipinski definition) is 1. The average Bonchev–Trinajstić information content (AvgIpc) is 2.61. The van der Waals surface area contributed by atoms with Gasteiger partial charge in [-0.25, -0.2) is 8.70 Å². The van der Waals surface area contributed by atoms with Gasteiger partial charge in [-0.2, -0.15) is 12.7 Å². The Morgan fingerprint density at radius 2 is 1.82 bits per heavy atom. The molecule has 11 heteroatoms. The number of anilines is 2. The van der Waals surface area contributed by atoms with Crippen molar-refractivity contribution in [3.8, 4) is 0 Å². The summed E-state index contributed by atoms with van der Waals surface area (Å²) in [5.41, 5.74) is -0.101. The van der Waals surface area contributed by atoms with E-state index < -0.39 is 33.4 Å². The number of carbonyl (C=O) groups excluding carboxylic acids is 1. The second-order valence-corrected chi connectivity index (χ2v) is 8.07. The van der Waals surface area contributed by atoms with Crippen LogP contribution in [0, 0.1) is 22.9 Å². The monoisotopic (exact) mass is 410 g/mol. The summed E-state index contributed by atoms with van der Waals surface area (Å²) >= 11 is 0. The van der Waals surface area contributed by atoms with Crippen molar-refractivity contribution in [3.05, 3.63) is 64.0 Å². The first kappa shape index (κ1) is 21.3. The molecule has 0 bridgehead atoms. The number of nitrogens with one attached hydrogen (secondary N) is 1. The molecule has 0 aliphatic heterocycles. The maximum Gasteiger partial charge on any atom is 0.304 e. The Bertz CT molecular complexity index is 1010. The van der Waals surface area contributed by atoms with Crippen molar-refractivity contribution in [3.63, 3.8) is 0 Å². The number of benzene rings is 2. The molecule has 0 saturated heterocycles. The van der Waals surface area contributed by atoms with Gasteiger partial charge in [0.2, 0.25) is 5.91 Å². The fraction of sp³-hybridized carbons (Fsp3) is 0.235. The highest BCUT2D eigenvalue weighted by atomic mass is 32.2. The first-order valence-corrected chi connectivity index (χ1v) is 9.44. The molecule has 150 valence electrons. The summed E-state index contributed by atoms with van der Waals surface area (Å²) in [5.74, 6) is -1.59. The maximum atomic E-state index is 14.2. The molecule has 28 heavy (non-hydrogen) atoms. The Morgan fingerprint density at radius 3 is 2.39 bits per heavy atom. The molecule has 0 aliphatic rings. The molecule has 1 N–H and O–H groups in total. The molecule has 1 amide bonds. The Kier molecular flexibility index (Phi) is 6.31. The zero-order valence-electron chi connectivity index (χ0n) is 15.4. The number of amides is 1. The first-order chi connectivity index (χ1) is 13.1. The van der Waals surface area contributed by atoms with Crippen molar-refractivity contribution >= 4 is 33.2 Å². The summed E-state index contributed by atoms with van der Waals surface area (Å²) in [6.07, 6.45) is 0. The molecule has 9 nitrogen and oxygen atoms in total. The van der Waals surface area contributed by atoms with Crippen molar-refractivity contribution in [2.24, 2.45) is 0 Å². The van der Waals surface area contributed by atoms with Crippen LogP contribution < -0.4 is 9.62 Å². The molecular formula is C17H19FN4O5S. The van der Waals surface area contributed by atoms with Crippen LogP contribution in [0.25, 0.3) is 0 Å². The molecule has 0 aliphatic carbocycles. The van der Waals surface area contributed by atoms with Crippen LogP contribution in [0.2, 0.25) is 0 Å². The van der Waals surface area contributed by atoms with Gasteiger partial charge in [-0.1, -0.05) is 18.2 Å². The molecule has 0 atom stereocenters. The third kappa shape index (κ3) is 4.43. The summed E-state index contributed by atoms with van der Waals surface area (Å²) in [6, 6.07) is 9.29. The van der Waals surface area contributed by atoms with Crippen LogP contribution in [-0.2, 0) is 15.0 Å². The third-order valence-electron chi connectivity index (χ3n) is 3.92. The molecular weight excluding hydrogens is 391 g/mol. The lowest BCUT2D eigenvalue weighted by atomic mass is 10.1. The van der Waals surface area contributed by atoms with E-state index in [2.05, 4.69) is 5.32 Å². The first-order valence-electron chi connectivity index (χ1n) is 8.04. The van der Waals surface area contributed by atoms with E-state index in [9.17, 15) is 27.7 Å². The van der Waals surface area contributed by atoms with Gasteiger partial charge in [-0.3, -0.25) is 14.9 Å². The topological polar surface area (TPSA) is 113 Å². The summed E-state index contributed by atoms with van der Waals surface area (Å²) in [5, 5.41) is 13.5. The van der Waals surface area contributed by atoms with Crippen LogP contribution in [0.3, 0.4) is 0 Å². The van der Waals surface area contributed by atoms with Gasteiger partial charge in [-0.05, 0) is 25.1 Å². The zero-order chi connectivity index (χ0) is 21.1. The Labute approximate surface area is 161 Å². The molecule has 2 aromatic carbocycles. The fourth-order valence-electron chi connectivity index (χ4n) is 2.42. The molecule has 2 rings (SSSR count). The highest BCUT2D eigenvalue weighted by molar-refractivity contribution is 7.90. The number of carbonyl (C=O) groups is 1. The number of hydrogen-bond acceptors (Lipinski definition) is 5. The largest absolute Gasteiger partial charge is 0.324 e. The molecule has 0 radical (unpaired) electrons. The molecule has 0 aromatic heterocycles. The van der Waals surface area contributed by atoms with Crippen LogP contribution in [0.4, 0.5) is 21.5 Å². The van der Waals surface area contributed by atoms with Gasteiger partial charge in [-0.15, -0.1) is 0 Å². The van der Waals surface area contributed by atoms with E-state index in [4.69, 9.17) is 0 Å². The Morgan fingerprint density at radius 1 is 1.18 bits per heavy atom. The van der Waals surface area contributed by atoms with Crippen molar-refractivity contribution in [1.29, 1.82) is 0 Å². The van der Waals surface area contributed by atoms with Crippen LogP contribution in [0.15, 0.2) is 42.5 Å². The van der Waals surface area contributed by atoms with Gasteiger partial charge in [0.15, 0.2) is 0 Å². The molecule has 0 spiro atoms. The SMILES string of the molecule is Cc1c(NC(=O)CN(c2ccccc2F)S(=O)(=O)N(C)C)cccc1[N+](=O)[O-]. The number of nitro benzene ring substituents is 1. The van der Waals surface area contributed by atoms with Crippen molar-refractivity contribution < 1.29 is 22.5 Å². The number of halogens is 1. The molecule has 0 heterocycles. The Balaban J connectivity index is 2.36. The van der Waals surface area contributed by atoms with Crippen LogP contribution in [0.5, 0.6) is 0 Å². The van der Waals surface area contributed by atoms with Gasteiger partial charge in [0.25, 0.3) is 5.69 Å². The Hall–Kier alpha value is -3.05. The minimum atomic E-state index is -4.18. The summed E-state index contributed by atoms with van der Waals surface area (Å²) < 4.78 is 40.9. The van der Waals surface area contributed by atoms with E-state index in [0.717, 1.165) is 10.4 Å². The van der Waals surface area contributed by atoms with Crippen LogP contribution >= 0.6 is 0 Å². The lowest BCUT2D eigenvalue weighted by Gasteiger charge is -2.27. The van der Waals surface area contributed by atoms with Crippen molar-refractivity contribution in [2.45, 2.75) is 6.92 Å². The summed E-state index contributed by atoms with van der Waals surface area (Å²) in [7, 11) is -1.66. The van der Waals surface area contributed by atoms with Crippen LogP contribution in [-0.4, -0.2) is 44.2 Å². The average molecular weight is 410 g/mol. The quantitative estimate of drug-likeness (QED) is 0.556. The summed E-state index contributed by atoms with van der Waals surface area (Å²) in [4.78, 5) is 22.9. The predicted molar refractivity (Wildman–Crippen MR) is 103 cm³/mol. The van der Waals surface area contributed by atoms with E-state index >= 15 is 0 Å². The van der Waals surface area contributed by atoms with Crippen molar-refractivity contribution in [2.75, 3.05) is 30.3 Å². The van der Waals surface area contributed by atoms with Gasteiger partial charge in [0.1, 0.15) is 12.4 Å². The molecule has 2 aromatic rings. The minimum Gasteiger partial charge on any atom is -0.324 e. The van der Waals surface area contributed by atoms with E-state index in [0.29, 0.717) is 4.31 Å². The number of rotatable bonds is 7. The molecule has 0 fully saturated rings. The summed E-state index contributed by atoms with van der Waals surface area (Å²) in [6.45, 7) is 0.739. The second kappa shape index (κ2) is 8.31. The standard InChI is InChI=1S/C17H19FN4O5S/c1-12-14(8-6-10-15(12)22(24)25)19-17(23)11-21(28(26,27)20(2)3)16-9-5-4-7-13(16)18/h4-10H,11H2,1-3H3,(H,19,23). The van der Waals surface area contributed by atoms with Crippen LogP contribution in [0.1, 0.15) is 5.56 Å². The normalized spacial score (nSPS) is 11.3. The van der Waals surface area contributed by atoms with Gasteiger partial charge in [0.05, 0.1) is 21.9 Å². The number of nitro groups is 1. The zero-order valence-corrected chi connectivity index (χ0v) is 16.2. The predicted octanol–water partition coefficient (Wildman–Crippen LogP) is 2.29. The van der Waals surface area contributed by atoms with Crippen molar-refractivity contribution in [1.82, 2.24) is 4.31 Å². The lowest BCUT2D eigenvalue weighted by molar-refractivity contribution is -0.385. The smallest absolute Gasteiger partial charge is 0.304 e.